The number of rotatable bonds is 4. The van der Waals surface area contributed by atoms with E-state index in [4.69, 9.17) is 16.7 Å². The molecule has 0 aliphatic heterocycles. The highest BCUT2D eigenvalue weighted by Crippen LogP contribution is 2.25. The van der Waals surface area contributed by atoms with Crippen molar-refractivity contribution in [2.75, 3.05) is 5.75 Å². The molecular formula is C12H13ClO4S. The second kappa shape index (κ2) is 5.54. The number of carboxylic acids is 1. The Morgan fingerprint density at radius 1 is 1.44 bits per heavy atom. The number of sulfone groups is 1. The Kier molecular flexibility index (Phi) is 4.53. The zero-order chi connectivity index (χ0) is 13.9. The summed E-state index contributed by atoms with van der Waals surface area (Å²) in [6.07, 6.45) is 3.12. The molecular weight excluding hydrogens is 276 g/mol. The van der Waals surface area contributed by atoms with Gasteiger partial charge in [0, 0.05) is 5.02 Å². The molecule has 98 valence electrons. The van der Waals surface area contributed by atoms with Crippen LogP contribution in [-0.2, 0) is 9.84 Å². The van der Waals surface area contributed by atoms with Gasteiger partial charge in [-0.05, 0) is 31.5 Å². The van der Waals surface area contributed by atoms with Gasteiger partial charge in [0.15, 0.2) is 9.84 Å². The Morgan fingerprint density at radius 2 is 2.06 bits per heavy atom. The Hall–Kier alpha value is -1.33. The minimum atomic E-state index is -3.57. The van der Waals surface area contributed by atoms with Gasteiger partial charge < -0.3 is 5.11 Å². The summed E-state index contributed by atoms with van der Waals surface area (Å²) in [6, 6.07) is 2.52. The first kappa shape index (κ1) is 14.7. The molecule has 0 aliphatic carbocycles. The molecule has 0 fully saturated rings. The van der Waals surface area contributed by atoms with E-state index in [0.717, 1.165) is 0 Å². The summed E-state index contributed by atoms with van der Waals surface area (Å²) >= 11 is 5.76. The van der Waals surface area contributed by atoms with Gasteiger partial charge in [-0.1, -0.05) is 23.8 Å². The summed E-state index contributed by atoms with van der Waals surface area (Å²) < 4.78 is 24.1. The van der Waals surface area contributed by atoms with Gasteiger partial charge in [-0.15, -0.1) is 0 Å². The molecule has 0 aliphatic rings. The van der Waals surface area contributed by atoms with Crippen LogP contribution in [0.25, 0.3) is 0 Å². The van der Waals surface area contributed by atoms with Crippen molar-refractivity contribution in [3.63, 3.8) is 0 Å². The molecule has 4 nitrogen and oxygen atoms in total. The molecule has 0 heterocycles. The van der Waals surface area contributed by atoms with E-state index in [1.807, 2.05) is 0 Å². The second-order valence-corrected chi connectivity index (χ2v) is 6.17. The Bertz CT molecular complexity index is 603. The van der Waals surface area contributed by atoms with Gasteiger partial charge >= 0.3 is 5.97 Å². The second-order valence-electron chi connectivity index (χ2n) is 3.73. The van der Waals surface area contributed by atoms with E-state index in [-0.39, 0.29) is 26.8 Å². The van der Waals surface area contributed by atoms with Crippen molar-refractivity contribution < 1.29 is 18.3 Å². The molecule has 0 atom stereocenters. The van der Waals surface area contributed by atoms with Crippen molar-refractivity contribution in [2.24, 2.45) is 0 Å². The van der Waals surface area contributed by atoms with Crippen LogP contribution in [0.5, 0.6) is 0 Å². The molecule has 0 aromatic heterocycles. The number of carboxylic acid groups (broad SMARTS) is 1. The molecule has 0 unspecified atom stereocenters. The van der Waals surface area contributed by atoms with Crippen LogP contribution in [0.1, 0.15) is 22.8 Å². The van der Waals surface area contributed by atoms with E-state index < -0.39 is 15.8 Å². The number of halogens is 1. The molecule has 0 radical (unpaired) electrons. The van der Waals surface area contributed by atoms with Gasteiger partial charge in [0.25, 0.3) is 0 Å². The molecule has 0 amide bonds. The van der Waals surface area contributed by atoms with E-state index >= 15 is 0 Å². The fourth-order valence-electron chi connectivity index (χ4n) is 1.51. The predicted octanol–water partition coefficient (Wildman–Crippen LogP) is 2.70. The maximum Gasteiger partial charge on any atom is 0.336 e. The number of carbonyl (C=O) groups is 1. The molecule has 18 heavy (non-hydrogen) atoms. The minimum Gasteiger partial charge on any atom is -0.478 e. The average Bonchev–Trinajstić information content (AvgIpc) is 2.28. The fourth-order valence-corrected chi connectivity index (χ4v) is 3.30. The van der Waals surface area contributed by atoms with Crippen LogP contribution in [0, 0.1) is 6.92 Å². The first-order chi connectivity index (χ1) is 8.29. The first-order valence-corrected chi connectivity index (χ1v) is 7.20. The summed E-state index contributed by atoms with van der Waals surface area (Å²) in [5.41, 5.74) is 0.109. The number of hydrogen-bond acceptors (Lipinski definition) is 3. The lowest BCUT2D eigenvalue weighted by Gasteiger charge is -2.09. The fraction of sp³-hybridized carbons (Fsp3) is 0.250. The van der Waals surface area contributed by atoms with Crippen LogP contribution in [0.4, 0.5) is 0 Å². The average molecular weight is 289 g/mol. The maximum atomic E-state index is 12.0. The largest absolute Gasteiger partial charge is 0.478 e. The quantitative estimate of drug-likeness (QED) is 0.865. The molecule has 0 saturated heterocycles. The van der Waals surface area contributed by atoms with Crippen molar-refractivity contribution in [1.82, 2.24) is 0 Å². The first-order valence-electron chi connectivity index (χ1n) is 5.17. The van der Waals surface area contributed by atoms with Crippen LogP contribution in [0.15, 0.2) is 29.2 Å². The van der Waals surface area contributed by atoms with Crippen molar-refractivity contribution in [1.29, 1.82) is 0 Å². The van der Waals surface area contributed by atoms with Crippen LogP contribution in [-0.4, -0.2) is 25.2 Å². The summed E-state index contributed by atoms with van der Waals surface area (Å²) in [4.78, 5) is 11.0. The highest BCUT2D eigenvalue weighted by atomic mass is 35.5. The van der Waals surface area contributed by atoms with E-state index in [1.54, 1.807) is 13.0 Å². The standard InChI is InChI=1S/C12H13ClO4S/c1-3-4-5-18(16,17)11-7-9(13)6-10(8(11)2)12(14)15/h3-4,6-7H,5H2,1-2H3,(H,14,15)/b4-3+. The summed E-state index contributed by atoms with van der Waals surface area (Å²) in [5.74, 6) is -1.37. The third kappa shape index (κ3) is 3.11. The van der Waals surface area contributed by atoms with Gasteiger partial charge in [0.2, 0.25) is 0 Å². The minimum absolute atomic E-state index is 0.0366. The molecule has 0 spiro atoms. The van der Waals surface area contributed by atoms with Crippen LogP contribution < -0.4 is 0 Å². The van der Waals surface area contributed by atoms with Crippen molar-refractivity contribution in [3.8, 4) is 0 Å². The number of hydrogen-bond donors (Lipinski definition) is 1. The van der Waals surface area contributed by atoms with Crippen molar-refractivity contribution in [3.05, 3.63) is 40.4 Å². The van der Waals surface area contributed by atoms with Gasteiger partial charge in [-0.3, -0.25) is 0 Å². The van der Waals surface area contributed by atoms with Crippen molar-refractivity contribution in [2.45, 2.75) is 18.7 Å². The highest BCUT2D eigenvalue weighted by Gasteiger charge is 2.21. The van der Waals surface area contributed by atoms with E-state index in [9.17, 15) is 13.2 Å². The topological polar surface area (TPSA) is 71.4 Å². The smallest absolute Gasteiger partial charge is 0.336 e. The molecule has 1 N–H and O–H groups in total. The lowest BCUT2D eigenvalue weighted by molar-refractivity contribution is 0.0696. The summed E-state index contributed by atoms with van der Waals surface area (Å²) in [6.45, 7) is 3.17. The van der Waals surface area contributed by atoms with Crippen LogP contribution in [0.3, 0.4) is 0 Å². The van der Waals surface area contributed by atoms with Crippen LogP contribution in [0.2, 0.25) is 5.02 Å². The SMILES string of the molecule is C/C=C/CS(=O)(=O)c1cc(Cl)cc(C(=O)O)c1C. The zero-order valence-electron chi connectivity index (χ0n) is 9.97. The monoisotopic (exact) mass is 288 g/mol. The van der Waals surface area contributed by atoms with Gasteiger partial charge in [-0.25, -0.2) is 13.2 Å². The molecule has 1 rings (SSSR count). The Labute approximate surface area is 111 Å². The molecule has 1 aromatic carbocycles. The molecule has 1 aromatic rings. The van der Waals surface area contributed by atoms with Crippen LogP contribution >= 0.6 is 11.6 Å². The molecule has 6 heteroatoms. The highest BCUT2D eigenvalue weighted by molar-refractivity contribution is 7.91. The van der Waals surface area contributed by atoms with E-state index in [0.29, 0.717) is 0 Å². The maximum absolute atomic E-state index is 12.0. The summed E-state index contributed by atoms with van der Waals surface area (Å²) in [7, 11) is -3.57. The van der Waals surface area contributed by atoms with Gasteiger partial charge in [0.1, 0.15) is 0 Å². The van der Waals surface area contributed by atoms with Gasteiger partial charge in [-0.2, -0.15) is 0 Å². The third-order valence-corrected chi connectivity index (χ3v) is 4.39. The number of benzene rings is 1. The predicted molar refractivity (Wildman–Crippen MR) is 70.0 cm³/mol. The number of allylic oxidation sites excluding steroid dienone is 1. The Morgan fingerprint density at radius 3 is 2.56 bits per heavy atom. The summed E-state index contributed by atoms with van der Waals surface area (Å²) in [5, 5.41) is 9.08. The Balaban J connectivity index is 3.46. The normalized spacial score (nSPS) is 11.9. The van der Waals surface area contributed by atoms with Crippen molar-refractivity contribution >= 4 is 27.4 Å². The molecule has 0 saturated carbocycles. The zero-order valence-corrected chi connectivity index (χ0v) is 11.5. The molecule has 0 bridgehead atoms. The lowest BCUT2D eigenvalue weighted by atomic mass is 10.1. The number of aromatic carboxylic acids is 1. The third-order valence-electron chi connectivity index (χ3n) is 2.44. The lowest BCUT2D eigenvalue weighted by Crippen LogP contribution is -2.10. The van der Waals surface area contributed by atoms with E-state index in [1.165, 1.54) is 25.1 Å². The van der Waals surface area contributed by atoms with Gasteiger partial charge in [0.05, 0.1) is 16.2 Å². The van der Waals surface area contributed by atoms with E-state index in [2.05, 4.69) is 0 Å².